The fraction of sp³-hybridized carbons (Fsp3) is 0.348. The first-order valence-electron chi connectivity index (χ1n) is 9.35. The number of nitrogens with zero attached hydrogens (tertiary/aromatic N) is 1. The van der Waals surface area contributed by atoms with Gasteiger partial charge in [0.05, 0.1) is 13.2 Å². The lowest BCUT2D eigenvalue weighted by Gasteiger charge is -2.41. The van der Waals surface area contributed by atoms with Crippen LogP contribution in [0.4, 0.5) is 0 Å². The van der Waals surface area contributed by atoms with E-state index in [1.807, 2.05) is 60.7 Å². The number of piperidine rings is 1. The smallest absolute Gasteiger partial charge is 0.298 e. The molecule has 1 amide bonds. The molecule has 2 aromatic carbocycles. The van der Waals surface area contributed by atoms with Crippen molar-refractivity contribution in [1.29, 1.82) is 0 Å². The van der Waals surface area contributed by atoms with E-state index in [0.29, 0.717) is 26.1 Å². The van der Waals surface area contributed by atoms with Gasteiger partial charge in [-0.15, -0.1) is 0 Å². The van der Waals surface area contributed by atoms with E-state index in [1.165, 1.54) is 0 Å². The Balaban J connectivity index is 1.59. The number of amides is 1. The highest BCUT2D eigenvalue weighted by molar-refractivity contribution is 5.94. The fourth-order valence-corrected chi connectivity index (χ4v) is 3.42. The number of carbonyl (C=O) groups excluding carboxylic acids is 1. The summed E-state index contributed by atoms with van der Waals surface area (Å²) in [6.07, 6.45) is 2.45. The van der Waals surface area contributed by atoms with Crippen LogP contribution in [0.2, 0.25) is 0 Å². The summed E-state index contributed by atoms with van der Waals surface area (Å²) in [6.45, 7) is 1.76. The zero-order valence-electron chi connectivity index (χ0n) is 15.4. The van der Waals surface area contributed by atoms with Crippen LogP contribution in [0.1, 0.15) is 24.8 Å². The van der Waals surface area contributed by atoms with Crippen molar-refractivity contribution in [1.82, 2.24) is 4.90 Å². The van der Waals surface area contributed by atoms with Gasteiger partial charge in [0.1, 0.15) is 5.75 Å². The molecule has 4 heteroatoms. The normalized spacial score (nSPS) is 19.1. The highest BCUT2D eigenvalue weighted by Crippen LogP contribution is 2.33. The van der Waals surface area contributed by atoms with Crippen LogP contribution in [0, 0.1) is 17.3 Å². The zero-order chi connectivity index (χ0) is 19.0. The summed E-state index contributed by atoms with van der Waals surface area (Å²) in [6, 6.07) is 19.1. The molecule has 1 fully saturated rings. The maximum absolute atomic E-state index is 12.5. The second-order valence-electron chi connectivity index (χ2n) is 7.02. The molecular formula is C23H25NO3. The average molecular weight is 363 g/mol. The van der Waals surface area contributed by atoms with E-state index >= 15 is 0 Å². The van der Waals surface area contributed by atoms with E-state index in [4.69, 9.17) is 4.74 Å². The number of hydrogen-bond donors (Lipinski definition) is 1. The van der Waals surface area contributed by atoms with E-state index in [-0.39, 0.29) is 17.9 Å². The van der Waals surface area contributed by atoms with Crippen molar-refractivity contribution in [3.8, 4) is 17.6 Å². The lowest BCUT2D eigenvalue weighted by Crippen LogP contribution is -2.48. The Hall–Kier alpha value is -2.77. The van der Waals surface area contributed by atoms with Crippen molar-refractivity contribution >= 4 is 5.91 Å². The predicted molar refractivity (Wildman–Crippen MR) is 105 cm³/mol. The Morgan fingerprint density at radius 3 is 2.52 bits per heavy atom. The minimum absolute atomic E-state index is 0.0427. The molecule has 0 bridgehead atoms. The van der Waals surface area contributed by atoms with Crippen LogP contribution >= 0.6 is 0 Å². The number of likely N-dealkylation sites (tertiary alicyclic amines) is 1. The van der Waals surface area contributed by atoms with Crippen LogP contribution < -0.4 is 4.74 Å². The van der Waals surface area contributed by atoms with Gasteiger partial charge in [-0.25, -0.2) is 0 Å². The van der Waals surface area contributed by atoms with Gasteiger partial charge in [-0.3, -0.25) is 4.79 Å². The van der Waals surface area contributed by atoms with Crippen LogP contribution in [-0.2, 0) is 4.79 Å². The van der Waals surface area contributed by atoms with Crippen LogP contribution in [0.15, 0.2) is 60.7 Å². The lowest BCUT2D eigenvalue weighted by atomic mass is 9.78. The molecule has 3 rings (SSSR count). The highest BCUT2D eigenvalue weighted by Gasteiger charge is 2.36. The minimum Gasteiger partial charge on any atom is -0.494 e. The molecule has 1 aliphatic heterocycles. The Morgan fingerprint density at radius 1 is 1.11 bits per heavy atom. The van der Waals surface area contributed by atoms with Crippen molar-refractivity contribution in [3.63, 3.8) is 0 Å². The maximum atomic E-state index is 12.5. The molecule has 0 unspecified atom stereocenters. The Bertz CT molecular complexity index is 795. The molecule has 2 aromatic rings. The summed E-state index contributed by atoms with van der Waals surface area (Å²) in [4.78, 5) is 14.3. The average Bonchev–Trinajstić information content (AvgIpc) is 2.74. The molecule has 0 spiro atoms. The minimum atomic E-state index is -0.322. The van der Waals surface area contributed by atoms with Crippen LogP contribution in [0.5, 0.6) is 5.75 Å². The van der Waals surface area contributed by atoms with Gasteiger partial charge >= 0.3 is 0 Å². The Labute approximate surface area is 160 Å². The largest absolute Gasteiger partial charge is 0.494 e. The molecule has 0 aliphatic carbocycles. The number of hydrogen-bond acceptors (Lipinski definition) is 3. The third-order valence-corrected chi connectivity index (χ3v) is 5.02. The van der Waals surface area contributed by atoms with Gasteiger partial charge in [0, 0.05) is 30.0 Å². The van der Waals surface area contributed by atoms with Gasteiger partial charge in [-0.05, 0) is 43.5 Å². The summed E-state index contributed by atoms with van der Waals surface area (Å²) in [5.74, 6) is 6.30. The molecule has 140 valence electrons. The summed E-state index contributed by atoms with van der Waals surface area (Å²) in [5, 5.41) is 10.0. The summed E-state index contributed by atoms with van der Waals surface area (Å²) in [5.41, 5.74) is 0.504. The second kappa shape index (κ2) is 9.25. The standard InChI is InChI=1S/C23H25NO3/c25-19-23(15-17-27-21-10-5-2-6-11-21)14-7-16-24(18-23)22(26)13-12-20-8-3-1-4-9-20/h1-6,8-11,25H,7,14-19H2/t23-/m0/s1. The molecule has 1 atom stereocenters. The van der Waals surface area contributed by atoms with Crippen molar-refractivity contribution < 1.29 is 14.6 Å². The van der Waals surface area contributed by atoms with E-state index in [2.05, 4.69) is 11.8 Å². The lowest BCUT2D eigenvalue weighted by molar-refractivity contribution is -0.129. The Morgan fingerprint density at radius 2 is 1.81 bits per heavy atom. The molecule has 0 saturated carbocycles. The van der Waals surface area contributed by atoms with Crippen molar-refractivity contribution in [2.45, 2.75) is 19.3 Å². The zero-order valence-corrected chi connectivity index (χ0v) is 15.4. The second-order valence-corrected chi connectivity index (χ2v) is 7.02. The molecular weight excluding hydrogens is 338 g/mol. The topological polar surface area (TPSA) is 49.8 Å². The van der Waals surface area contributed by atoms with E-state index < -0.39 is 0 Å². The van der Waals surface area contributed by atoms with Gasteiger partial charge in [-0.2, -0.15) is 0 Å². The summed E-state index contributed by atoms with van der Waals surface area (Å²) in [7, 11) is 0. The molecule has 1 aliphatic rings. The van der Waals surface area contributed by atoms with E-state index in [9.17, 15) is 9.90 Å². The maximum Gasteiger partial charge on any atom is 0.298 e. The number of para-hydroxylation sites is 1. The van der Waals surface area contributed by atoms with Crippen LogP contribution in [0.3, 0.4) is 0 Å². The van der Waals surface area contributed by atoms with Crippen molar-refractivity contribution in [3.05, 3.63) is 66.2 Å². The number of carbonyl (C=O) groups is 1. The quantitative estimate of drug-likeness (QED) is 0.831. The van der Waals surface area contributed by atoms with Gasteiger partial charge in [0.2, 0.25) is 0 Å². The number of aliphatic hydroxyl groups excluding tert-OH is 1. The number of aliphatic hydroxyl groups is 1. The molecule has 4 nitrogen and oxygen atoms in total. The van der Waals surface area contributed by atoms with Crippen LogP contribution in [0.25, 0.3) is 0 Å². The van der Waals surface area contributed by atoms with Crippen molar-refractivity contribution in [2.24, 2.45) is 5.41 Å². The number of ether oxygens (including phenoxy) is 1. The molecule has 1 saturated heterocycles. The third-order valence-electron chi connectivity index (χ3n) is 5.02. The third kappa shape index (κ3) is 5.35. The number of benzene rings is 2. The van der Waals surface area contributed by atoms with Gasteiger partial charge < -0.3 is 14.7 Å². The Kier molecular flexibility index (Phi) is 6.51. The number of rotatable bonds is 5. The molecule has 0 aromatic heterocycles. The first kappa shape index (κ1) is 19.0. The monoisotopic (exact) mass is 363 g/mol. The van der Waals surface area contributed by atoms with Gasteiger partial charge in [0.25, 0.3) is 5.91 Å². The molecule has 27 heavy (non-hydrogen) atoms. The molecule has 1 N–H and O–H groups in total. The molecule has 1 heterocycles. The molecule has 0 radical (unpaired) electrons. The van der Waals surface area contributed by atoms with Gasteiger partial charge in [-0.1, -0.05) is 42.3 Å². The predicted octanol–water partition coefficient (Wildman–Crippen LogP) is 3.11. The van der Waals surface area contributed by atoms with Crippen LogP contribution in [-0.4, -0.2) is 42.2 Å². The summed E-state index contributed by atoms with van der Waals surface area (Å²) >= 11 is 0. The highest BCUT2D eigenvalue weighted by atomic mass is 16.5. The summed E-state index contributed by atoms with van der Waals surface area (Å²) < 4.78 is 5.79. The fourth-order valence-electron chi connectivity index (χ4n) is 3.42. The van der Waals surface area contributed by atoms with Crippen molar-refractivity contribution in [2.75, 3.05) is 26.3 Å². The van der Waals surface area contributed by atoms with E-state index in [0.717, 1.165) is 24.2 Å². The first-order chi connectivity index (χ1) is 13.2. The SMILES string of the molecule is O=C(C#Cc1ccccc1)N1CCC[C@](CO)(CCOc2ccccc2)C1. The van der Waals surface area contributed by atoms with E-state index in [1.54, 1.807) is 4.90 Å². The first-order valence-corrected chi connectivity index (χ1v) is 9.35. The van der Waals surface area contributed by atoms with Gasteiger partial charge in [0.15, 0.2) is 0 Å².